The third-order valence-electron chi connectivity index (χ3n) is 2.46. The van der Waals surface area contributed by atoms with Gasteiger partial charge in [0.15, 0.2) is 11.0 Å². The van der Waals surface area contributed by atoms with Crippen molar-refractivity contribution >= 4 is 17.7 Å². The van der Waals surface area contributed by atoms with Crippen molar-refractivity contribution in [2.45, 2.75) is 25.5 Å². The molecule has 0 bridgehead atoms. The highest BCUT2D eigenvalue weighted by Crippen LogP contribution is 2.26. The van der Waals surface area contributed by atoms with Crippen LogP contribution in [0.2, 0.25) is 0 Å². The molecule has 2 aromatic heterocycles. The molecule has 0 aromatic carbocycles. The summed E-state index contributed by atoms with van der Waals surface area (Å²) < 4.78 is 7.12. The van der Waals surface area contributed by atoms with Crippen LogP contribution in [0.5, 0.6) is 0 Å². The maximum absolute atomic E-state index is 10.6. The Hall–Kier alpha value is -1.76. The number of hydrogen-bond donors (Lipinski definition) is 1. The van der Waals surface area contributed by atoms with Crippen molar-refractivity contribution in [2.75, 3.05) is 5.75 Å². The average molecular weight is 267 g/mol. The van der Waals surface area contributed by atoms with Gasteiger partial charge >= 0.3 is 5.97 Å². The minimum absolute atomic E-state index is 0.0253. The van der Waals surface area contributed by atoms with E-state index in [1.54, 1.807) is 6.26 Å². The van der Waals surface area contributed by atoms with Crippen molar-refractivity contribution in [1.29, 1.82) is 0 Å². The minimum Gasteiger partial charge on any atom is -0.481 e. The van der Waals surface area contributed by atoms with Crippen LogP contribution in [-0.2, 0) is 11.3 Å². The van der Waals surface area contributed by atoms with E-state index < -0.39 is 5.97 Å². The molecule has 6 nitrogen and oxygen atoms in total. The number of carboxylic acids is 1. The van der Waals surface area contributed by atoms with Gasteiger partial charge in [0.25, 0.3) is 0 Å². The highest BCUT2D eigenvalue weighted by atomic mass is 32.2. The zero-order valence-electron chi connectivity index (χ0n) is 10.1. The van der Waals surface area contributed by atoms with E-state index in [0.29, 0.717) is 17.5 Å². The van der Waals surface area contributed by atoms with Crippen LogP contribution in [0, 0.1) is 6.92 Å². The van der Waals surface area contributed by atoms with Crippen molar-refractivity contribution in [3.63, 3.8) is 0 Å². The molecule has 0 aliphatic carbocycles. The summed E-state index contributed by atoms with van der Waals surface area (Å²) in [4.78, 5) is 10.6. The van der Waals surface area contributed by atoms with Crippen molar-refractivity contribution in [2.24, 2.45) is 0 Å². The lowest BCUT2D eigenvalue weighted by molar-refractivity contribution is -0.133. The highest BCUT2D eigenvalue weighted by molar-refractivity contribution is 7.99. The minimum atomic E-state index is -0.869. The second kappa shape index (κ2) is 5.26. The fourth-order valence-electron chi connectivity index (χ4n) is 1.62. The summed E-state index contributed by atoms with van der Waals surface area (Å²) in [6.07, 6.45) is 1.60. The van der Waals surface area contributed by atoms with E-state index in [1.807, 2.05) is 24.5 Å². The Labute approximate surface area is 108 Å². The van der Waals surface area contributed by atoms with Crippen LogP contribution >= 0.6 is 11.8 Å². The Morgan fingerprint density at radius 3 is 2.89 bits per heavy atom. The highest BCUT2D eigenvalue weighted by Gasteiger charge is 2.16. The second-order valence-corrected chi connectivity index (χ2v) is 4.57. The van der Waals surface area contributed by atoms with Gasteiger partial charge in [-0.2, -0.15) is 0 Å². The second-order valence-electron chi connectivity index (χ2n) is 3.62. The molecule has 0 unspecified atom stereocenters. The van der Waals surface area contributed by atoms with Crippen LogP contribution in [0.15, 0.2) is 21.9 Å². The van der Waals surface area contributed by atoms with Gasteiger partial charge in [-0.3, -0.25) is 4.79 Å². The first-order valence-electron chi connectivity index (χ1n) is 5.45. The van der Waals surface area contributed by atoms with Gasteiger partial charge in [-0.25, -0.2) is 0 Å². The van der Waals surface area contributed by atoms with E-state index in [1.165, 1.54) is 0 Å². The summed E-state index contributed by atoms with van der Waals surface area (Å²) >= 11 is 1.16. The Morgan fingerprint density at radius 2 is 2.33 bits per heavy atom. The zero-order valence-corrected chi connectivity index (χ0v) is 10.9. The van der Waals surface area contributed by atoms with Gasteiger partial charge in [0, 0.05) is 6.54 Å². The number of aliphatic carboxylic acids is 1. The standard InChI is InChI=1S/C11H13N3O3S/c1-3-14-10(8-4-5-17-7(8)2)12-13-11(14)18-6-9(15)16/h4-5H,3,6H2,1-2H3,(H,15,16). The molecule has 0 fully saturated rings. The fraction of sp³-hybridized carbons (Fsp3) is 0.364. The topological polar surface area (TPSA) is 81.2 Å². The maximum Gasteiger partial charge on any atom is 0.313 e. The molecule has 0 aliphatic heterocycles. The molecule has 0 aliphatic rings. The molecule has 7 heteroatoms. The predicted octanol–water partition coefficient (Wildman–Crippen LogP) is 2.04. The first kappa shape index (κ1) is 12.7. The number of carbonyl (C=O) groups is 1. The summed E-state index contributed by atoms with van der Waals surface area (Å²) in [5.41, 5.74) is 0.881. The molecule has 1 N–H and O–H groups in total. The van der Waals surface area contributed by atoms with E-state index in [9.17, 15) is 4.79 Å². The van der Waals surface area contributed by atoms with Gasteiger partial charge in [-0.05, 0) is 19.9 Å². The first-order chi connectivity index (χ1) is 8.63. The molecule has 0 radical (unpaired) electrons. The number of hydrogen-bond acceptors (Lipinski definition) is 5. The lowest BCUT2D eigenvalue weighted by Crippen LogP contribution is -2.03. The average Bonchev–Trinajstić information content (AvgIpc) is 2.91. The Bertz CT molecular complexity index is 562. The number of furan rings is 1. The molecule has 0 spiro atoms. The van der Waals surface area contributed by atoms with Crippen LogP contribution in [0.3, 0.4) is 0 Å². The third kappa shape index (κ3) is 2.40. The monoisotopic (exact) mass is 267 g/mol. The van der Waals surface area contributed by atoms with Crippen LogP contribution < -0.4 is 0 Å². The van der Waals surface area contributed by atoms with E-state index >= 15 is 0 Å². The predicted molar refractivity (Wildman–Crippen MR) is 66.5 cm³/mol. The number of carboxylic acid groups (broad SMARTS) is 1. The molecule has 0 amide bonds. The number of rotatable bonds is 5. The zero-order chi connectivity index (χ0) is 13.1. The third-order valence-corrected chi connectivity index (χ3v) is 3.41. The smallest absolute Gasteiger partial charge is 0.313 e. The Morgan fingerprint density at radius 1 is 1.56 bits per heavy atom. The SMILES string of the molecule is CCn1c(SCC(=O)O)nnc1-c1ccoc1C. The fourth-order valence-corrected chi connectivity index (χ4v) is 2.35. The number of nitrogens with zero attached hydrogens (tertiary/aromatic N) is 3. The summed E-state index contributed by atoms with van der Waals surface area (Å²) in [6, 6.07) is 1.83. The molecule has 96 valence electrons. The van der Waals surface area contributed by atoms with Gasteiger partial charge in [-0.15, -0.1) is 10.2 Å². The largest absolute Gasteiger partial charge is 0.481 e. The molecule has 0 saturated heterocycles. The molecule has 0 saturated carbocycles. The first-order valence-corrected chi connectivity index (χ1v) is 6.44. The van der Waals surface area contributed by atoms with Crippen molar-refractivity contribution in [3.8, 4) is 11.4 Å². The summed E-state index contributed by atoms with van der Waals surface area (Å²) in [7, 11) is 0. The van der Waals surface area contributed by atoms with Crippen LogP contribution in [-0.4, -0.2) is 31.6 Å². The maximum atomic E-state index is 10.6. The molecule has 2 heterocycles. The quantitative estimate of drug-likeness (QED) is 0.835. The Kier molecular flexibility index (Phi) is 3.71. The van der Waals surface area contributed by atoms with Gasteiger partial charge in [0.1, 0.15) is 5.76 Å². The van der Waals surface area contributed by atoms with E-state index in [4.69, 9.17) is 9.52 Å². The van der Waals surface area contributed by atoms with E-state index in [-0.39, 0.29) is 5.75 Å². The normalized spacial score (nSPS) is 10.8. The van der Waals surface area contributed by atoms with Gasteiger partial charge < -0.3 is 14.1 Å². The van der Waals surface area contributed by atoms with Gasteiger partial charge in [0.2, 0.25) is 0 Å². The van der Waals surface area contributed by atoms with E-state index in [0.717, 1.165) is 23.1 Å². The molecule has 2 aromatic rings. The number of thioether (sulfide) groups is 1. The molecule has 0 atom stereocenters. The lowest BCUT2D eigenvalue weighted by Gasteiger charge is -2.05. The summed E-state index contributed by atoms with van der Waals surface area (Å²) in [5, 5.41) is 17.4. The van der Waals surface area contributed by atoms with Crippen molar-refractivity contribution in [3.05, 3.63) is 18.1 Å². The van der Waals surface area contributed by atoms with Crippen molar-refractivity contribution < 1.29 is 14.3 Å². The van der Waals surface area contributed by atoms with Gasteiger partial charge in [0.05, 0.1) is 17.6 Å². The van der Waals surface area contributed by atoms with Crippen LogP contribution in [0.25, 0.3) is 11.4 Å². The molecular weight excluding hydrogens is 254 g/mol. The molecular formula is C11H13N3O3S. The van der Waals surface area contributed by atoms with Crippen LogP contribution in [0.1, 0.15) is 12.7 Å². The van der Waals surface area contributed by atoms with Crippen LogP contribution in [0.4, 0.5) is 0 Å². The molecule has 18 heavy (non-hydrogen) atoms. The Balaban J connectivity index is 2.33. The number of aryl methyl sites for hydroxylation is 1. The lowest BCUT2D eigenvalue weighted by atomic mass is 10.2. The summed E-state index contributed by atoms with van der Waals surface area (Å²) in [5.74, 6) is 0.581. The van der Waals surface area contributed by atoms with E-state index in [2.05, 4.69) is 10.2 Å². The van der Waals surface area contributed by atoms with Gasteiger partial charge in [-0.1, -0.05) is 11.8 Å². The molecule has 2 rings (SSSR count). The summed E-state index contributed by atoms with van der Waals surface area (Å²) in [6.45, 7) is 4.50. The number of aromatic nitrogens is 3. The van der Waals surface area contributed by atoms with Crippen molar-refractivity contribution in [1.82, 2.24) is 14.8 Å².